The number of para-hydroxylation sites is 4. The summed E-state index contributed by atoms with van der Waals surface area (Å²) < 4.78 is 2.66. The molecule has 0 unspecified atom stereocenters. The van der Waals surface area contributed by atoms with Gasteiger partial charge in [0, 0.05) is 42.8 Å². The molecule has 3 heteroatoms. The van der Waals surface area contributed by atoms with Crippen molar-refractivity contribution in [2.75, 3.05) is 9.80 Å². The Hall–Kier alpha value is -5.12. The van der Waals surface area contributed by atoms with Gasteiger partial charge < -0.3 is 9.80 Å². The highest BCUT2D eigenvalue weighted by atomic mass is 32.1. The monoisotopic (exact) mass is 542 g/mol. The lowest BCUT2D eigenvalue weighted by Gasteiger charge is -2.28. The highest BCUT2D eigenvalue weighted by Gasteiger charge is 2.29. The van der Waals surface area contributed by atoms with Crippen molar-refractivity contribution < 1.29 is 0 Å². The lowest BCUT2D eigenvalue weighted by Crippen LogP contribution is -2.14. The molecule has 0 saturated heterocycles. The van der Waals surface area contributed by atoms with Crippen molar-refractivity contribution in [1.82, 2.24) is 0 Å². The Kier molecular flexibility index (Phi) is 5.51. The van der Waals surface area contributed by atoms with Crippen molar-refractivity contribution >= 4 is 65.6 Å². The number of hydrogen-bond donors (Lipinski definition) is 0. The van der Waals surface area contributed by atoms with Gasteiger partial charge in [-0.1, -0.05) is 104 Å². The first-order chi connectivity index (χ1) is 20.3. The fraction of sp³-hybridized carbons (Fsp3) is 0. The molecule has 0 saturated carbocycles. The van der Waals surface area contributed by atoms with Crippen LogP contribution in [0.5, 0.6) is 0 Å². The van der Waals surface area contributed by atoms with Gasteiger partial charge in [-0.2, -0.15) is 0 Å². The molecule has 0 spiro atoms. The van der Waals surface area contributed by atoms with Crippen LogP contribution in [-0.4, -0.2) is 0 Å². The van der Waals surface area contributed by atoms with E-state index < -0.39 is 0 Å². The van der Waals surface area contributed by atoms with Crippen LogP contribution in [0.3, 0.4) is 0 Å². The molecule has 0 aliphatic carbocycles. The molecule has 0 fully saturated rings. The number of rotatable bonds is 3. The summed E-state index contributed by atoms with van der Waals surface area (Å²) >= 11 is 1.87. The zero-order valence-electron chi connectivity index (χ0n) is 22.4. The largest absolute Gasteiger partial charge is 0.308 e. The molecule has 0 bridgehead atoms. The van der Waals surface area contributed by atoms with E-state index in [1.807, 2.05) is 11.3 Å². The summed E-state index contributed by atoms with van der Waals surface area (Å²) in [6.07, 6.45) is 0. The average molecular weight is 543 g/mol. The number of nitrogens with zero attached hydrogens (tertiary/aromatic N) is 2. The van der Waals surface area contributed by atoms with Gasteiger partial charge in [0.25, 0.3) is 0 Å². The van der Waals surface area contributed by atoms with Crippen molar-refractivity contribution in [3.8, 4) is 11.1 Å². The number of thiophene rings is 1. The molecular weight excluding hydrogens is 516 g/mol. The van der Waals surface area contributed by atoms with Gasteiger partial charge in [-0.3, -0.25) is 0 Å². The number of benzene rings is 6. The first-order valence-corrected chi connectivity index (χ1v) is 14.6. The minimum absolute atomic E-state index is 0.954. The van der Waals surface area contributed by atoms with Crippen LogP contribution in [0.25, 0.3) is 37.0 Å². The summed E-state index contributed by atoms with van der Waals surface area (Å²) in [5.41, 5.74) is 10.1. The Morgan fingerprint density at radius 2 is 1.02 bits per heavy atom. The normalized spacial score (nSPS) is 12.8. The molecule has 2 heterocycles. The van der Waals surface area contributed by atoms with Gasteiger partial charge in [0.05, 0.1) is 17.1 Å². The topological polar surface area (TPSA) is 6.48 Å². The van der Waals surface area contributed by atoms with Crippen LogP contribution in [0.4, 0.5) is 28.4 Å². The minimum atomic E-state index is 0.954. The van der Waals surface area contributed by atoms with Crippen molar-refractivity contribution in [2.45, 2.75) is 0 Å². The Balaban J connectivity index is 1.29. The lowest BCUT2D eigenvalue weighted by atomic mass is 10.0. The number of fused-ring (bicyclic) bond motifs is 5. The molecule has 2 nitrogen and oxygen atoms in total. The van der Waals surface area contributed by atoms with Gasteiger partial charge in [-0.05, 0) is 59.7 Å². The van der Waals surface area contributed by atoms with Crippen molar-refractivity contribution in [2.24, 2.45) is 0 Å². The smallest absolute Gasteiger partial charge is 0.0702 e. The molecule has 1 aromatic heterocycles. The number of hydrogen-bond acceptors (Lipinski definition) is 3. The summed E-state index contributed by atoms with van der Waals surface area (Å²) in [6, 6.07) is 52.0. The quantitative estimate of drug-likeness (QED) is 0.219. The van der Waals surface area contributed by atoms with Crippen LogP contribution in [-0.2, 0) is 0 Å². The fourth-order valence-electron chi connectivity index (χ4n) is 6.07. The van der Waals surface area contributed by atoms with Crippen molar-refractivity contribution in [3.63, 3.8) is 0 Å². The Bertz CT molecular complexity index is 2070. The Morgan fingerprint density at radius 3 is 1.83 bits per heavy atom. The van der Waals surface area contributed by atoms with E-state index in [-0.39, 0.29) is 0 Å². The van der Waals surface area contributed by atoms with Gasteiger partial charge in [0.2, 0.25) is 0 Å². The van der Waals surface area contributed by atoms with E-state index in [4.69, 9.17) is 0 Å². The van der Waals surface area contributed by atoms with Crippen LogP contribution in [0.15, 0.2) is 152 Å². The molecule has 194 valence electrons. The maximum absolute atomic E-state index is 4.60. The van der Waals surface area contributed by atoms with Crippen LogP contribution in [0, 0.1) is 0 Å². The third kappa shape index (κ3) is 3.78. The Morgan fingerprint density at radius 1 is 0.439 bits per heavy atom. The van der Waals surface area contributed by atoms with Gasteiger partial charge >= 0.3 is 0 Å². The SMILES string of the molecule is C=C1c2ccccc2N(c2ccc(-c3cccc4c3sc3ccccc34)cc2)c2ccccc2N1c1ccccc1. The van der Waals surface area contributed by atoms with Gasteiger partial charge in [-0.25, -0.2) is 0 Å². The van der Waals surface area contributed by atoms with E-state index in [2.05, 4.69) is 162 Å². The average Bonchev–Trinajstić information content (AvgIpc) is 3.37. The van der Waals surface area contributed by atoms with E-state index in [1.165, 1.54) is 31.3 Å². The molecule has 41 heavy (non-hydrogen) atoms. The van der Waals surface area contributed by atoms with E-state index >= 15 is 0 Å². The van der Waals surface area contributed by atoms with Gasteiger partial charge in [0.15, 0.2) is 0 Å². The van der Waals surface area contributed by atoms with Crippen molar-refractivity contribution in [3.05, 3.63) is 158 Å². The van der Waals surface area contributed by atoms with Gasteiger partial charge in [-0.15, -0.1) is 11.3 Å². The predicted molar refractivity (Wildman–Crippen MR) is 177 cm³/mol. The second-order valence-corrected chi connectivity index (χ2v) is 11.3. The molecule has 0 radical (unpaired) electrons. The fourth-order valence-corrected chi connectivity index (χ4v) is 7.30. The molecule has 0 atom stereocenters. The molecule has 0 N–H and O–H groups in total. The second kappa shape index (κ2) is 9.51. The van der Waals surface area contributed by atoms with Gasteiger partial charge in [0.1, 0.15) is 0 Å². The highest BCUT2D eigenvalue weighted by Crippen LogP contribution is 2.50. The lowest BCUT2D eigenvalue weighted by molar-refractivity contribution is 1.27. The van der Waals surface area contributed by atoms with E-state index in [0.717, 1.165) is 39.7 Å². The summed E-state index contributed by atoms with van der Waals surface area (Å²) in [4.78, 5) is 4.63. The standard InChI is InChI=1S/C38H26N2S/c1-26-30-14-5-7-18-34(30)40(36-20-9-8-19-35(36)39(26)28-12-3-2-4-13-28)29-24-22-27(23-25-29)31-16-11-17-33-32-15-6-10-21-37(32)41-38(31)33/h2-25H,1H2. The first-order valence-electron chi connectivity index (χ1n) is 13.8. The Labute approximate surface area is 243 Å². The van der Waals surface area contributed by atoms with E-state index in [1.54, 1.807) is 0 Å². The summed E-state index contributed by atoms with van der Waals surface area (Å²) in [7, 11) is 0. The third-order valence-electron chi connectivity index (χ3n) is 7.94. The number of anilines is 5. The molecule has 7 aromatic rings. The first kappa shape index (κ1) is 23.7. The summed E-state index contributed by atoms with van der Waals surface area (Å²) in [5.74, 6) is 0. The van der Waals surface area contributed by atoms with Crippen LogP contribution in [0.1, 0.15) is 5.56 Å². The second-order valence-electron chi connectivity index (χ2n) is 10.3. The van der Waals surface area contributed by atoms with Crippen LogP contribution < -0.4 is 9.80 Å². The molecule has 8 rings (SSSR count). The van der Waals surface area contributed by atoms with E-state index in [9.17, 15) is 0 Å². The van der Waals surface area contributed by atoms with Crippen molar-refractivity contribution in [1.29, 1.82) is 0 Å². The molecular formula is C38H26N2S. The maximum Gasteiger partial charge on any atom is 0.0702 e. The highest BCUT2D eigenvalue weighted by molar-refractivity contribution is 7.26. The molecule has 1 aliphatic rings. The van der Waals surface area contributed by atoms with E-state index in [0.29, 0.717) is 0 Å². The molecule has 0 amide bonds. The molecule has 6 aromatic carbocycles. The zero-order valence-corrected chi connectivity index (χ0v) is 23.2. The zero-order chi connectivity index (χ0) is 27.3. The summed E-state index contributed by atoms with van der Waals surface area (Å²) in [6.45, 7) is 4.60. The maximum atomic E-state index is 4.60. The predicted octanol–water partition coefficient (Wildman–Crippen LogP) is 11.3. The van der Waals surface area contributed by atoms with Crippen LogP contribution in [0.2, 0.25) is 0 Å². The minimum Gasteiger partial charge on any atom is -0.308 e. The third-order valence-corrected chi connectivity index (χ3v) is 9.16. The van der Waals surface area contributed by atoms with Crippen LogP contribution >= 0.6 is 11.3 Å². The summed E-state index contributed by atoms with van der Waals surface area (Å²) in [5, 5.41) is 2.65. The molecule has 1 aliphatic heterocycles.